The molecule has 1 N–H and O–H groups in total. The number of rotatable bonds is 4. The summed E-state index contributed by atoms with van der Waals surface area (Å²) in [6.45, 7) is 4.00. The van der Waals surface area contributed by atoms with E-state index in [0.717, 1.165) is 13.5 Å². The third-order valence-corrected chi connectivity index (χ3v) is 3.69. The van der Waals surface area contributed by atoms with Crippen LogP contribution in [0.1, 0.15) is 36.5 Å². The second-order valence-corrected chi connectivity index (χ2v) is 5.06. The van der Waals surface area contributed by atoms with Crippen molar-refractivity contribution in [3.8, 4) is 0 Å². The Kier molecular flexibility index (Phi) is 9.91. The first kappa shape index (κ1) is 19.7. The van der Waals surface area contributed by atoms with Gasteiger partial charge in [-0.15, -0.1) is 0 Å². The van der Waals surface area contributed by atoms with Crippen molar-refractivity contribution in [2.75, 3.05) is 7.11 Å². The van der Waals surface area contributed by atoms with Gasteiger partial charge in [0.25, 0.3) is 0 Å². The maximum atomic E-state index is 7.00. The number of aliphatic hydroxyl groups is 1. The van der Waals surface area contributed by atoms with Crippen molar-refractivity contribution in [2.24, 2.45) is 0 Å². The molecule has 0 aliphatic rings. The molecule has 1 nitrogen and oxygen atoms in total. The SMILES string of the molecule is CC.CO.c1ccc(CC(c2ccccc2)c2ccccc2)cc1. The fourth-order valence-electron chi connectivity index (χ4n) is 2.65. The van der Waals surface area contributed by atoms with Gasteiger partial charge in [0.1, 0.15) is 0 Å². The quantitative estimate of drug-likeness (QED) is 0.654. The van der Waals surface area contributed by atoms with E-state index in [0.29, 0.717) is 5.92 Å². The Labute approximate surface area is 146 Å². The van der Waals surface area contributed by atoms with Crippen LogP contribution in [-0.2, 0) is 6.42 Å². The molecule has 0 amide bonds. The molecule has 0 saturated carbocycles. The van der Waals surface area contributed by atoms with Crippen LogP contribution >= 0.6 is 0 Å². The number of hydrogen-bond donors (Lipinski definition) is 1. The summed E-state index contributed by atoms with van der Waals surface area (Å²) in [5.74, 6) is 0.416. The van der Waals surface area contributed by atoms with Crippen LogP contribution in [0.3, 0.4) is 0 Å². The first-order valence-electron chi connectivity index (χ1n) is 8.52. The van der Waals surface area contributed by atoms with Crippen molar-refractivity contribution in [3.05, 3.63) is 108 Å². The molecule has 0 saturated heterocycles. The van der Waals surface area contributed by atoms with E-state index in [2.05, 4.69) is 91.0 Å². The lowest BCUT2D eigenvalue weighted by Crippen LogP contribution is -2.04. The summed E-state index contributed by atoms with van der Waals surface area (Å²) in [7, 11) is 1.00. The topological polar surface area (TPSA) is 20.2 Å². The molecule has 1 heteroatoms. The van der Waals surface area contributed by atoms with Gasteiger partial charge >= 0.3 is 0 Å². The molecule has 3 aromatic rings. The maximum Gasteiger partial charge on any atom is 0.0319 e. The zero-order chi connectivity index (χ0) is 17.6. The number of benzene rings is 3. The number of aliphatic hydroxyl groups excluding tert-OH is 1. The highest BCUT2D eigenvalue weighted by Gasteiger charge is 2.14. The normalized spacial score (nSPS) is 9.38. The lowest BCUT2D eigenvalue weighted by atomic mass is 9.86. The monoisotopic (exact) mass is 320 g/mol. The van der Waals surface area contributed by atoms with Gasteiger partial charge in [0.05, 0.1) is 0 Å². The van der Waals surface area contributed by atoms with Gasteiger partial charge in [0.15, 0.2) is 0 Å². The first-order chi connectivity index (χ1) is 11.9. The van der Waals surface area contributed by atoms with Crippen molar-refractivity contribution < 1.29 is 5.11 Å². The van der Waals surface area contributed by atoms with Crippen LogP contribution in [0.4, 0.5) is 0 Å². The van der Waals surface area contributed by atoms with Crippen LogP contribution in [0.2, 0.25) is 0 Å². The van der Waals surface area contributed by atoms with Gasteiger partial charge in [-0.2, -0.15) is 0 Å². The first-order valence-corrected chi connectivity index (χ1v) is 8.52. The minimum atomic E-state index is 0.416. The van der Waals surface area contributed by atoms with Gasteiger partial charge < -0.3 is 5.11 Å². The summed E-state index contributed by atoms with van der Waals surface area (Å²) < 4.78 is 0. The minimum Gasteiger partial charge on any atom is -0.400 e. The Bertz CT molecular complexity index is 593. The fraction of sp³-hybridized carbons (Fsp3) is 0.217. The molecule has 0 bridgehead atoms. The zero-order valence-electron chi connectivity index (χ0n) is 14.9. The van der Waals surface area contributed by atoms with E-state index in [4.69, 9.17) is 5.11 Å². The zero-order valence-corrected chi connectivity index (χ0v) is 14.9. The van der Waals surface area contributed by atoms with E-state index < -0.39 is 0 Å². The Morgan fingerprint density at radius 3 is 1.29 bits per heavy atom. The predicted molar refractivity (Wildman–Crippen MR) is 104 cm³/mol. The predicted octanol–water partition coefficient (Wildman–Crippen LogP) is 5.70. The molecule has 0 aromatic heterocycles. The molecule has 0 unspecified atom stereocenters. The molecule has 3 aromatic carbocycles. The molecule has 0 aliphatic heterocycles. The maximum absolute atomic E-state index is 7.00. The molecule has 0 spiro atoms. The lowest BCUT2D eigenvalue weighted by Gasteiger charge is -2.18. The summed E-state index contributed by atoms with van der Waals surface area (Å²) >= 11 is 0. The summed E-state index contributed by atoms with van der Waals surface area (Å²) in [5, 5.41) is 7.00. The molecule has 0 fully saturated rings. The molecule has 0 aliphatic carbocycles. The van der Waals surface area contributed by atoms with E-state index in [1.807, 2.05) is 13.8 Å². The lowest BCUT2D eigenvalue weighted by molar-refractivity contribution is 0.399. The van der Waals surface area contributed by atoms with Crippen molar-refractivity contribution in [3.63, 3.8) is 0 Å². The van der Waals surface area contributed by atoms with Gasteiger partial charge in [-0.05, 0) is 23.1 Å². The Morgan fingerprint density at radius 1 is 0.583 bits per heavy atom. The smallest absolute Gasteiger partial charge is 0.0319 e. The summed E-state index contributed by atoms with van der Waals surface area (Å²) in [4.78, 5) is 0. The Balaban J connectivity index is 0.000000671. The third-order valence-electron chi connectivity index (χ3n) is 3.69. The minimum absolute atomic E-state index is 0.416. The van der Waals surface area contributed by atoms with E-state index in [1.165, 1.54) is 16.7 Å². The summed E-state index contributed by atoms with van der Waals surface area (Å²) in [6.07, 6.45) is 1.04. The average molecular weight is 320 g/mol. The van der Waals surface area contributed by atoms with Gasteiger partial charge in [-0.25, -0.2) is 0 Å². The average Bonchev–Trinajstić information content (AvgIpc) is 2.71. The van der Waals surface area contributed by atoms with Crippen LogP contribution in [0.5, 0.6) is 0 Å². The van der Waals surface area contributed by atoms with Crippen LogP contribution in [0, 0.1) is 0 Å². The molecule has 0 radical (unpaired) electrons. The van der Waals surface area contributed by atoms with Crippen molar-refractivity contribution in [1.82, 2.24) is 0 Å². The standard InChI is InChI=1S/C20H18.C2H6.CH4O/c1-4-10-17(11-5-1)16-20(18-12-6-2-7-13-18)19-14-8-3-9-15-19;2*1-2/h1-15,20H,16H2;1-2H3;2H,1H3. The highest BCUT2D eigenvalue weighted by Crippen LogP contribution is 2.28. The van der Waals surface area contributed by atoms with Gasteiger partial charge in [-0.1, -0.05) is 105 Å². The highest BCUT2D eigenvalue weighted by molar-refractivity contribution is 5.34. The summed E-state index contributed by atoms with van der Waals surface area (Å²) in [5.41, 5.74) is 4.13. The molecule has 3 rings (SSSR count). The van der Waals surface area contributed by atoms with Crippen LogP contribution < -0.4 is 0 Å². The van der Waals surface area contributed by atoms with Crippen LogP contribution in [0.15, 0.2) is 91.0 Å². The highest BCUT2D eigenvalue weighted by atomic mass is 16.2. The van der Waals surface area contributed by atoms with Crippen molar-refractivity contribution >= 4 is 0 Å². The summed E-state index contributed by atoms with van der Waals surface area (Å²) in [6, 6.07) is 32.2. The molecule has 0 heterocycles. The fourth-order valence-corrected chi connectivity index (χ4v) is 2.65. The third kappa shape index (κ3) is 6.02. The van der Waals surface area contributed by atoms with E-state index >= 15 is 0 Å². The Morgan fingerprint density at radius 2 is 0.917 bits per heavy atom. The second kappa shape index (κ2) is 12.1. The van der Waals surface area contributed by atoms with Crippen molar-refractivity contribution in [2.45, 2.75) is 26.2 Å². The van der Waals surface area contributed by atoms with Crippen LogP contribution in [0.25, 0.3) is 0 Å². The number of hydrogen-bond acceptors (Lipinski definition) is 1. The van der Waals surface area contributed by atoms with E-state index in [-0.39, 0.29) is 0 Å². The molecule has 0 atom stereocenters. The van der Waals surface area contributed by atoms with Gasteiger partial charge in [0, 0.05) is 13.0 Å². The Hall–Kier alpha value is -2.38. The second-order valence-electron chi connectivity index (χ2n) is 5.06. The van der Waals surface area contributed by atoms with Gasteiger partial charge in [-0.3, -0.25) is 0 Å². The van der Waals surface area contributed by atoms with E-state index in [9.17, 15) is 0 Å². The largest absolute Gasteiger partial charge is 0.400 e. The van der Waals surface area contributed by atoms with E-state index in [1.54, 1.807) is 0 Å². The molecular weight excluding hydrogens is 292 g/mol. The molecular formula is C23H28O. The molecule has 24 heavy (non-hydrogen) atoms. The molecule has 126 valence electrons. The van der Waals surface area contributed by atoms with Crippen molar-refractivity contribution in [1.29, 1.82) is 0 Å². The van der Waals surface area contributed by atoms with Crippen LogP contribution in [-0.4, -0.2) is 12.2 Å². The van der Waals surface area contributed by atoms with Gasteiger partial charge in [0.2, 0.25) is 0 Å².